The van der Waals surface area contributed by atoms with Crippen LogP contribution in [0.4, 0.5) is 4.39 Å². The first-order valence-electron chi connectivity index (χ1n) is 11.2. The number of likely N-dealkylation sites (tertiary alicyclic amines) is 1. The second kappa shape index (κ2) is 10.6. The summed E-state index contributed by atoms with van der Waals surface area (Å²) in [6, 6.07) is 9.61. The first kappa shape index (κ1) is 24.5. The van der Waals surface area contributed by atoms with E-state index in [1.54, 1.807) is 6.07 Å². The van der Waals surface area contributed by atoms with Gasteiger partial charge in [-0.15, -0.1) is 0 Å². The molecule has 0 saturated carbocycles. The molecular weight excluding hydrogens is 427 g/mol. The molecule has 3 atom stereocenters. The zero-order chi connectivity index (χ0) is 24.1. The summed E-state index contributed by atoms with van der Waals surface area (Å²) in [6.45, 7) is 5.28. The summed E-state index contributed by atoms with van der Waals surface area (Å²) in [4.78, 5) is 36.3. The molecule has 0 spiro atoms. The number of benzene rings is 1. The highest BCUT2D eigenvalue weighted by Gasteiger charge is 2.42. The highest BCUT2D eigenvalue weighted by molar-refractivity contribution is 5.97. The van der Waals surface area contributed by atoms with Gasteiger partial charge in [-0.1, -0.05) is 19.9 Å². The average molecular weight is 459 g/mol. The number of carbonyl (C=O) groups is 2. The van der Waals surface area contributed by atoms with Gasteiger partial charge in [-0.3, -0.25) is 14.4 Å². The lowest BCUT2D eigenvalue weighted by atomic mass is 9.76. The maximum Gasteiger partial charge on any atom is 0.290 e. The maximum atomic E-state index is 13.6. The monoisotopic (exact) mass is 458 g/mol. The molecule has 2 aliphatic rings. The van der Waals surface area contributed by atoms with Crippen LogP contribution in [0.1, 0.15) is 61.1 Å². The molecule has 0 aliphatic carbocycles. The van der Waals surface area contributed by atoms with E-state index < -0.39 is 5.82 Å². The van der Waals surface area contributed by atoms with Crippen molar-refractivity contribution >= 4 is 12.4 Å². The fraction of sp³-hybridized carbons (Fsp3) is 0.480. The van der Waals surface area contributed by atoms with Gasteiger partial charge in [0.15, 0.2) is 0 Å². The van der Waals surface area contributed by atoms with Gasteiger partial charge in [-0.25, -0.2) is 4.39 Å². The van der Waals surface area contributed by atoms with Crippen LogP contribution in [0.2, 0.25) is 0 Å². The third-order valence-electron chi connectivity index (χ3n) is 6.52. The van der Waals surface area contributed by atoms with Gasteiger partial charge in [0.05, 0.1) is 12.7 Å². The SMILES string of the molecule is COc1cc(F)ccc1C(=O)N1C[C@H]2C[C@@H](C1)[C@H](CCC(C)C)n1c2cccc1=O.O=CO. The number of ether oxygens (including phenoxy) is 1. The Balaban J connectivity index is 0.000000968. The molecule has 1 N–H and O–H groups in total. The Morgan fingerprint density at radius 2 is 2.00 bits per heavy atom. The van der Waals surface area contributed by atoms with E-state index >= 15 is 0 Å². The number of carboxylic acid groups (broad SMARTS) is 1. The number of hydrogen-bond acceptors (Lipinski definition) is 4. The van der Waals surface area contributed by atoms with Gasteiger partial charge in [0.1, 0.15) is 11.6 Å². The largest absolute Gasteiger partial charge is 0.496 e. The third kappa shape index (κ3) is 5.26. The standard InChI is InChI=1S/C24H29FN2O3.CH2O2/c1-15(2)7-10-21-17-11-16(20-5-4-6-23(28)27(20)21)13-26(14-17)24(29)19-9-8-18(25)12-22(19)30-3;2-1-3/h4-6,8-9,12,15-17,21H,7,10-11,13-14H2,1-3H3;1H,(H,2,3)/t16-,17+,21+;/m1./s1. The van der Waals surface area contributed by atoms with E-state index in [-0.39, 0.29) is 41.6 Å². The molecule has 2 bridgehead atoms. The fourth-order valence-electron chi connectivity index (χ4n) is 5.09. The molecule has 4 rings (SSSR count). The summed E-state index contributed by atoms with van der Waals surface area (Å²) in [5.74, 6) is 0.588. The number of nitrogens with zero attached hydrogens (tertiary/aromatic N) is 2. The topological polar surface area (TPSA) is 88.8 Å². The number of amides is 1. The van der Waals surface area contributed by atoms with E-state index in [0.29, 0.717) is 24.6 Å². The number of pyridine rings is 1. The summed E-state index contributed by atoms with van der Waals surface area (Å²) >= 11 is 0. The van der Waals surface area contributed by atoms with Crippen LogP contribution in [0, 0.1) is 17.7 Å². The van der Waals surface area contributed by atoms with Crippen LogP contribution in [0.25, 0.3) is 0 Å². The Kier molecular flexibility index (Phi) is 7.89. The number of aromatic nitrogens is 1. The minimum atomic E-state index is -0.430. The summed E-state index contributed by atoms with van der Waals surface area (Å²) in [7, 11) is 1.45. The normalized spacial score (nSPS) is 21.0. The second-order valence-electron chi connectivity index (χ2n) is 9.05. The van der Waals surface area contributed by atoms with Gasteiger partial charge in [0, 0.05) is 42.9 Å². The fourth-order valence-corrected chi connectivity index (χ4v) is 5.09. The molecule has 1 fully saturated rings. The minimum Gasteiger partial charge on any atom is -0.496 e. The Bertz CT molecular complexity index is 1050. The van der Waals surface area contributed by atoms with Crippen molar-refractivity contribution in [3.63, 3.8) is 0 Å². The van der Waals surface area contributed by atoms with Crippen LogP contribution < -0.4 is 10.3 Å². The molecule has 1 amide bonds. The van der Waals surface area contributed by atoms with Crippen molar-refractivity contribution in [1.82, 2.24) is 9.47 Å². The third-order valence-corrected chi connectivity index (χ3v) is 6.52. The van der Waals surface area contributed by atoms with Crippen molar-refractivity contribution in [3.8, 4) is 5.75 Å². The molecule has 0 radical (unpaired) electrons. The van der Waals surface area contributed by atoms with Gasteiger partial charge in [0.2, 0.25) is 0 Å². The molecule has 33 heavy (non-hydrogen) atoms. The molecule has 8 heteroatoms. The zero-order valence-electron chi connectivity index (χ0n) is 19.2. The van der Waals surface area contributed by atoms with Crippen molar-refractivity contribution in [1.29, 1.82) is 0 Å². The molecule has 1 aromatic heterocycles. The zero-order valence-corrected chi connectivity index (χ0v) is 19.2. The quantitative estimate of drug-likeness (QED) is 0.686. The lowest BCUT2D eigenvalue weighted by Gasteiger charge is -2.47. The summed E-state index contributed by atoms with van der Waals surface area (Å²) < 4.78 is 20.8. The molecule has 7 nitrogen and oxygen atoms in total. The highest BCUT2D eigenvalue weighted by Crippen LogP contribution is 2.43. The number of rotatable bonds is 5. The van der Waals surface area contributed by atoms with E-state index in [1.165, 1.54) is 25.3 Å². The van der Waals surface area contributed by atoms with Crippen LogP contribution in [-0.4, -0.2) is 47.2 Å². The van der Waals surface area contributed by atoms with Gasteiger partial charge >= 0.3 is 0 Å². The van der Waals surface area contributed by atoms with Crippen LogP contribution in [0.3, 0.4) is 0 Å². The number of halogens is 1. The second-order valence-corrected chi connectivity index (χ2v) is 9.05. The predicted octanol–water partition coefficient (Wildman–Crippen LogP) is 3.93. The first-order chi connectivity index (χ1) is 15.8. The Labute approximate surface area is 192 Å². The minimum absolute atomic E-state index is 0.0518. The van der Waals surface area contributed by atoms with E-state index in [1.807, 2.05) is 21.6 Å². The number of carbonyl (C=O) groups excluding carboxylic acids is 1. The molecular formula is C25H31FN2O5. The predicted molar refractivity (Wildman–Crippen MR) is 122 cm³/mol. The molecule has 1 saturated heterocycles. The smallest absolute Gasteiger partial charge is 0.290 e. The van der Waals surface area contributed by atoms with E-state index in [2.05, 4.69) is 13.8 Å². The number of piperidine rings is 1. The van der Waals surface area contributed by atoms with Crippen molar-refractivity contribution < 1.29 is 23.8 Å². The molecule has 3 heterocycles. The van der Waals surface area contributed by atoms with Gasteiger partial charge < -0.3 is 19.3 Å². The molecule has 2 aliphatic heterocycles. The van der Waals surface area contributed by atoms with Crippen LogP contribution in [-0.2, 0) is 4.79 Å². The number of methoxy groups -OCH3 is 1. The summed E-state index contributed by atoms with van der Waals surface area (Å²) in [6.07, 6.45) is 2.94. The summed E-state index contributed by atoms with van der Waals surface area (Å²) in [5, 5.41) is 6.89. The van der Waals surface area contributed by atoms with Crippen molar-refractivity contribution in [2.45, 2.75) is 45.1 Å². The van der Waals surface area contributed by atoms with E-state index in [9.17, 15) is 14.0 Å². The lowest BCUT2D eigenvalue weighted by Crippen LogP contribution is -2.51. The molecule has 178 valence electrons. The van der Waals surface area contributed by atoms with Crippen LogP contribution >= 0.6 is 0 Å². The number of fused-ring (bicyclic) bond motifs is 4. The Morgan fingerprint density at radius 1 is 1.27 bits per heavy atom. The van der Waals surface area contributed by atoms with Crippen molar-refractivity contribution in [2.24, 2.45) is 11.8 Å². The van der Waals surface area contributed by atoms with E-state index in [4.69, 9.17) is 14.6 Å². The number of hydrogen-bond donors (Lipinski definition) is 1. The Hall–Kier alpha value is -3.16. The molecule has 1 aromatic carbocycles. The van der Waals surface area contributed by atoms with Gasteiger partial charge in [0.25, 0.3) is 17.9 Å². The summed E-state index contributed by atoms with van der Waals surface area (Å²) in [5.41, 5.74) is 1.45. The molecule has 0 unspecified atom stereocenters. The first-order valence-corrected chi connectivity index (χ1v) is 11.2. The van der Waals surface area contributed by atoms with Crippen molar-refractivity contribution in [3.05, 3.63) is 63.8 Å². The van der Waals surface area contributed by atoms with Crippen LogP contribution in [0.15, 0.2) is 41.2 Å². The van der Waals surface area contributed by atoms with Crippen LogP contribution in [0.5, 0.6) is 5.75 Å². The average Bonchev–Trinajstić information content (AvgIpc) is 2.79. The maximum absolute atomic E-state index is 13.6. The van der Waals surface area contributed by atoms with Gasteiger partial charge in [-0.05, 0) is 49.3 Å². The molecule has 2 aromatic rings. The van der Waals surface area contributed by atoms with Gasteiger partial charge in [-0.2, -0.15) is 0 Å². The Morgan fingerprint density at radius 3 is 2.67 bits per heavy atom. The van der Waals surface area contributed by atoms with E-state index in [0.717, 1.165) is 25.0 Å². The lowest BCUT2D eigenvalue weighted by molar-refractivity contribution is -0.122. The highest BCUT2D eigenvalue weighted by atomic mass is 19.1. The van der Waals surface area contributed by atoms with Crippen molar-refractivity contribution in [2.75, 3.05) is 20.2 Å².